The van der Waals surface area contributed by atoms with Crippen molar-refractivity contribution in [3.63, 3.8) is 0 Å². The number of rotatable bonds is 6. The first kappa shape index (κ1) is 21.8. The molecule has 2 atom stereocenters. The molecule has 3 aromatic rings. The minimum Gasteiger partial charge on any atom is -0.352 e. The molecule has 0 aliphatic carbocycles. The van der Waals surface area contributed by atoms with Crippen LogP contribution in [0.15, 0.2) is 54.7 Å². The number of aromatic nitrogens is 2. The lowest BCUT2D eigenvalue weighted by atomic mass is 9.97. The molecule has 162 valence electrons. The molecule has 1 N–H and O–H groups in total. The summed E-state index contributed by atoms with van der Waals surface area (Å²) >= 11 is 12.1. The molecule has 7 heteroatoms. The summed E-state index contributed by atoms with van der Waals surface area (Å²) < 4.78 is 2.27. The number of hydrogen-bond donors (Lipinski definition) is 1. The first-order valence-electron chi connectivity index (χ1n) is 10.4. The second kappa shape index (κ2) is 8.99. The molecule has 1 saturated heterocycles. The molecule has 0 bridgehead atoms. The van der Waals surface area contributed by atoms with Crippen LogP contribution in [0.1, 0.15) is 34.7 Å². The highest BCUT2D eigenvalue weighted by Gasteiger charge is 2.41. The van der Waals surface area contributed by atoms with Gasteiger partial charge < -0.3 is 19.7 Å². The van der Waals surface area contributed by atoms with Crippen LogP contribution in [-0.4, -0.2) is 51.6 Å². The number of nitrogens with one attached hydrogen (secondary N) is 1. The minimum atomic E-state index is -0.0100. The lowest BCUT2D eigenvalue weighted by Gasteiger charge is -2.29. The number of likely N-dealkylation sites (N-methyl/N-ethyl adjacent to an activating group) is 1. The Hall–Kier alpha value is -2.41. The van der Waals surface area contributed by atoms with Gasteiger partial charge in [0, 0.05) is 41.4 Å². The fraction of sp³-hybridized carbons (Fsp3) is 0.333. The molecule has 0 spiro atoms. The maximum atomic E-state index is 6.29. The van der Waals surface area contributed by atoms with E-state index in [0.29, 0.717) is 0 Å². The van der Waals surface area contributed by atoms with Crippen LogP contribution in [0.2, 0.25) is 5.02 Å². The summed E-state index contributed by atoms with van der Waals surface area (Å²) in [6.45, 7) is 6.07. The number of aryl methyl sites for hydroxylation is 1. The van der Waals surface area contributed by atoms with Gasteiger partial charge in [-0.1, -0.05) is 23.7 Å². The molecule has 1 aromatic carbocycles. The highest BCUT2D eigenvalue weighted by molar-refractivity contribution is 7.80. The van der Waals surface area contributed by atoms with Gasteiger partial charge in [-0.25, -0.2) is 0 Å². The molecule has 3 heterocycles. The van der Waals surface area contributed by atoms with E-state index in [1.807, 2.05) is 36.5 Å². The van der Waals surface area contributed by atoms with E-state index < -0.39 is 0 Å². The third-order valence-electron chi connectivity index (χ3n) is 5.84. The molecule has 1 aliphatic rings. The molecule has 1 aliphatic heterocycles. The lowest BCUT2D eigenvalue weighted by molar-refractivity contribution is 0.277. The molecule has 5 nitrogen and oxygen atoms in total. The molecular weight excluding hydrogens is 426 g/mol. The van der Waals surface area contributed by atoms with Crippen LogP contribution in [-0.2, 0) is 0 Å². The smallest absolute Gasteiger partial charge is 0.170 e. The fourth-order valence-electron chi connectivity index (χ4n) is 4.39. The summed E-state index contributed by atoms with van der Waals surface area (Å²) in [5.41, 5.74) is 5.66. The molecule has 1 fully saturated rings. The van der Waals surface area contributed by atoms with Crippen molar-refractivity contribution in [2.75, 3.05) is 27.2 Å². The summed E-state index contributed by atoms with van der Waals surface area (Å²) in [5.74, 6) is 0. The van der Waals surface area contributed by atoms with Gasteiger partial charge >= 0.3 is 0 Å². The van der Waals surface area contributed by atoms with E-state index in [2.05, 4.69) is 70.8 Å². The molecule has 4 rings (SSSR count). The average Bonchev–Trinajstić information content (AvgIpc) is 3.22. The van der Waals surface area contributed by atoms with Crippen molar-refractivity contribution in [3.8, 4) is 5.69 Å². The second-order valence-corrected chi connectivity index (χ2v) is 9.09. The first-order chi connectivity index (χ1) is 14.9. The predicted octanol–water partition coefficient (Wildman–Crippen LogP) is 4.68. The summed E-state index contributed by atoms with van der Waals surface area (Å²) in [5, 5.41) is 5.05. The SMILES string of the molecule is Cc1cc(C2C(c3ccccn3)NC(=S)N2CCN(C)C)c(C)n1-c1cccc(Cl)c1. The molecule has 0 amide bonds. The van der Waals surface area contributed by atoms with Gasteiger partial charge in [0.2, 0.25) is 0 Å². The van der Waals surface area contributed by atoms with Gasteiger partial charge in [0.1, 0.15) is 0 Å². The number of thiocarbonyl (C=S) groups is 1. The van der Waals surface area contributed by atoms with E-state index in [0.717, 1.165) is 34.6 Å². The van der Waals surface area contributed by atoms with Gasteiger partial charge in [-0.15, -0.1) is 0 Å². The third kappa shape index (κ3) is 4.33. The van der Waals surface area contributed by atoms with Gasteiger partial charge in [0.25, 0.3) is 0 Å². The van der Waals surface area contributed by atoms with E-state index in [-0.39, 0.29) is 12.1 Å². The Morgan fingerprint density at radius 1 is 1.13 bits per heavy atom. The summed E-state index contributed by atoms with van der Waals surface area (Å²) in [6, 6.07) is 16.3. The van der Waals surface area contributed by atoms with Crippen molar-refractivity contribution in [3.05, 3.63) is 82.4 Å². The Morgan fingerprint density at radius 3 is 2.61 bits per heavy atom. The quantitative estimate of drug-likeness (QED) is 0.548. The Bertz CT molecular complexity index is 1080. The van der Waals surface area contributed by atoms with E-state index in [1.54, 1.807) is 0 Å². The monoisotopic (exact) mass is 453 g/mol. The van der Waals surface area contributed by atoms with E-state index in [9.17, 15) is 0 Å². The van der Waals surface area contributed by atoms with Crippen LogP contribution in [0, 0.1) is 13.8 Å². The standard InChI is InChI=1S/C24H28ClN5S/c1-16-14-20(17(2)30(16)19-9-7-8-18(25)15-19)23-22(21-10-5-6-11-26-21)27-24(31)29(23)13-12-28(3)4/h5-11,14-15,22-23H,12-13H2,1-4H3,(H,27,31). The molecule has 31 heavy (non-hydrogen) atoms. The van der Waals surface area contributed by atoms with Crippen molar-refractivity contribution in [2.45, 2.75) is 25.9 Å². The van der Waals surface area contributed by atoms with Crippen LogP contribution < -0.4 is 5.32 Å². The van der Waals surface area contributed by atoms with E-state index >= 15 is 0 Å². The van der Waals surface area contributed by atoms with E-state index in [1.165, 1.54) is 17.0 Å². The number of nitrogens with zero attached hydrogens (tertiary/aromatic N) is 4. The van der Waals surface area contributed by atoms with Gasteiger partial charge in [-0.05, 0) is 82.1 Å². The Balaban J connectivity index is 1.81. The largest absolute Gasteiger partial charge is 0.352 e. The Morgan fingerprint density at radius 2 is 1.94 bits per heavy atom. The lowest BCUT2D eigenvalue weighted by Crippen LogP contribution is -2.35. The molecule has 2 unspecified atom stereocenters. The number of benzene rings is 1. The minimum absolute atomic E-state index is 0.0100. The summed E-state index contributed by atoms with van der Waals surface area (Å²) in [4.78, 5) is 9.13. The van der Waals surface area contributed by atoms with Gasteiger partial charge in [-0.3, -0.25) is 4.98 Å². The predicted molar refractivity (Wildman–Crippen MR) is 131 cm³/mol. The zero-order valence-electron chi connectivity index (χ0n) is 18.3. The molecule has 0 radical (unpaired) electrons. The van der Waals surface area contributed by atoms with Crippen LogP contribution in [0.5, 0.6) is 0 Å². The van der Waals surface area contributed by atoms with Crippen molar-refractivity contribution in [1.82, 2.24) is 24.7 Å². The first-order valence-corrected chi connectivity index (χ1v) is 11.2. The van der Waals surface area contributed by atoms with Crippen LogP contribution >= 0.6 is 23.8 Å². The topological polar surface area (TPSA) is 36.3 Å². The van der Waals surface area contributed by atoms with Crippen molar-refractivity contribution in [2.24, 2.45) is 0 Å². The maximum absolute atomic E-state index is 6.29. The van der Waals surface area contributed by atoms with Crippen LogP contribution in [0.3, 0.4) is 0 Å². The molecular formula is C24H28ClN5S. The zero-order valence-corrected chi connectivity index (χ0v) is 19.9. The number of halogens is 1. The normalized spacial score (nSPS) is 18.6. The summed E-state index contributed by atoms with van der Waals surface area (Å²) in [7, 11) is 4.17. The van der Waals surface area contributed by atoms with Crippen molar-refractivity contribution >= 4 is 28.9 Å². The highest BCUT2D eigenvalue weighted by Crippen LogP contribution is 2.41. The third-order valence-corrected chi connectivity index (χ3v) is 6.43. The second-order valence-electron chi connectivity index (χ2n) is 8.27. The van der Waals surface area contributed by atoms with Crippen LogP contribution in [0.25, 0.3) is 5.69 Å². The average molecular weight is 454 g/mol. The van der Waals surface area contributed by atoms with Gasteiger partial charge in [0.05, 0.1) is 17.8 Å². The highest BCUT2D eigenvalue weighted by atomic mass is 35.5. The van der Waals surface area contributed by atoms with Crippen molar-refractivity contribution < 1.29 is 0 Å². The fourth-order valence-corrected chi connectivity index (χ4v) is 4.91. The van der Waals surface area contributed by atoms with Gasteiger partial charge in [0.15, 0.2) is 5.11 Å². The molecule has 0 saturated carbocycles. The Kier molecular flexibility index (Phi) is 6.32. The molecule has 2 aromatic heterocycles. The number of pyridine rings is 1. The zero-order chi connectivity index (χ0) is 22.1. The van der Waals surface area contributed by atoms with Crippen LogP contribution in [0.4, 0.5) is 0 Å². The Labute approximate surface area is 194 Å². The van der Waals surface area contributed by atoms with Gasteiger partial charge in [-0.2, -0.15) is 0 Å². The number of hydrogen-bond acceptors (Lipinski definition) is 3. The van der Waals surface area contributed by atoms with Crippen molar-refractivity contribution in [1.29, 1.82) is 0 Å². The van der Waals surface area contributed by atoms with E-state index in [4.69, 9.17) is 23.8 Å². The summed E-state index contributed by atoms with van der Waals surface area (Å²) in [6.07, 6.45) is 1.84. The maximum Gasteiger partial charge on any atom is 0.170 e.